The molecule has 5 heteroatoms. The Labute approximate surface area is 137 Å². The van der Waals surface area contributed by atoms with Crippen LogP contribution in [0.1, 0.15) is 12.5 Å². The summed E-state index contributed by atoms with van der Waals surface area (Å²) in [6.45, 7) is 3.63. The molecule has 1 amide bonds. The van der Waals surface area contributed by atoms with Crippen molar-refractivity contribution in [2.24, 2.45) is 0 Å². The first-order valence-corrected chi connectivity index (χ1v) is 7.62. The van der Waals surface area contributed by atoms with E-state index >= 15 is 0 Å². The Morgan fingerprint density at radius 2 is 2.05 bits per heavy atom. The monoisotopic (exact) mass is 367 g/mol. The van der Waals surface area contributed by atoms with Gasteiger partial charge in [-0.25, -0.2) is 0 Å². The van der Waals surface area contributed by atoms with Crippen LogP contribution in [0.3, 0.4) is 0 Å². The number of carbonyl (C=O) groups is 1. The quantitative estimate of drug-likeness (QED) is 0.840. The van der Waals surface area contributed by atoms with Crippen LogP contribution in [0.15, 0.2) is 46.9 Å². The lowest BCUT2D eigenvalue weighted by molar-refractivity contribution is -0.122. The van der Waals surface area contributed by atoms with Gasteiger partial charge in [0, 0.05) is 15.2 Å². The van der Waals surface area contributed by atoms with Crippen LogP contribution in [-0.2, 0) is 4.79 Å². The first-order chi connectivity index (χ1) is 9.95. The van der Waals surface area contributed by atoms with Gasteiger partial charge in [-0.05, 0) is 49.7 Å². The van der Waals surface area contributed by atoms with Crippen molar-refractivity contribution in [1.29, 1.82) is 0 Å². The predicted octanol–water partition coefficient (Wildman–Crippen LogP) is 4.82. The van der Waals surface area contributed by atoms with Gasteiger partial charge in [0.15, 0.2) is 6.10 Å². The first kappa shape index (κ1) is 15.9. The van der Waals surface area contributed by atoms with Gasteiger partial charge < -0.3 is 10.1 Å². The number of carbonyl (C=O) groups excluding carboxylic acids is 1. The smallest absolute Gasteiger partial charge is 0.265 e. The third-order valence-electron chi connectivity index (χ3n) is 2.94. The van der Waals surface area contributed by atoms with Crippen molar-refractivity contribution in [2.75, 3.05) is 5.32 Å². The fourth-order valence-corrected chi connectivity index (χ4v) is 2.30. The van der Waals surface area contributed by atoms with E-state index in [0.717, 1.165) is 15.7 Å². The average molecular weight is 369 g/mol. The summed E-state index contributed by atoms with van der Waals surface area (Å²) in [5.41, 5.74) is 1.75. The second kappa shape index (κ2) is 6.96. The molecule has 0 saturated carbocycles. The number of hydrogen-bond donors (Lipinski definition) is 1. The number of benzene rings is 2. The van der Waals surface area contributed by atoms with Crippen molar-refractivity contribution in [3.63, 3.8) is 0 Å². The number of nitrogens with one attached hydrogen (secondary N) is 1. The Balaban J connectivity index is 2.04. The highest BCUT2D eigenvalue weighted by Crippen LogP contribution is 2.22. The molecule has 0 saturated heterocycles. The van der Waals surface area contributed by atoms with Crippen LogP contribution >= 0.6 is 27.5 Å². The molecule has 0 heterocycles. The van der Waals surface area contributed by atoms with E-state index in [1.54, 1.807) is 31.2 Å². The Kier molecular flexibility index (Phi) is 5.26. The molecule has 0 spiro atoms. The zero-order valence-electron chi connectivity index (χ0n) is 11.7. The molecule has 21 heavy (non-hydrogen) atoms. The van der Waals surface area contributed by atoms with E-state index in [9.17, 15) is 4.79 Å². The summed E-state index contributed by atoms with van der Waals surface area (Å²) in [6.07, 6.45) is -0.623. The van der Waals surface area contributed by atoms with Crippen molar-refractivity contribution in [2.45, 2.75) is 20.0 Å². The fourth-order valence-electron chi connectivity index (χ4n) is 1.76. The van der Waals surface area contributed by atoms with E-state index in [-0.39, 0.29) is 5.91 Å². The Morgan fingerprint density at radius 1 is 1.29 bits per heavy atom. The molecule has 0 aromatic heterocycles. The van der Waals surface area contributed by atoms with Gasteiger partial charge >= 0.3 is 0 Å². The molecule has 0 radical (unpaired) electrons. The Morgan fingerprint density at radius 3 is 2.76 bits per heavy atom. The molecule has 2 rings (SSSR count). The van der Waals surface area contributed by atoms with E-state index < -0.39 is 6.10 Å². The normalized spacial score (nSPS) is 11.8. The highest BCUT2D eigenvalue weighted by atomic mass is 79.9. The molecular formula is C16H15BrClNO2. The second-order valence-corrected chi connectivity index (χ2v) is 6.02. The summed E-state index contributed by atoms with van der Waals surface area (Å²) in [6, 6.07) is 12.7. The average Bonchev–Trinajstić information content (AvgIpc) is 2.43. The molecule has 0 bridgehead atoms. The van der Waals surface area contributed by atoms with Crippen molar-refractivity contribution < 1.29 is 9.53 Å². The third-order valence-corrected chi connectivity index (χ3v) is 3.66. The van der Waals surface area contributed by atoms with E-state index in [0.29, 0.717) is 10.8 Å². The van der Waals surface area contributed by atoms with E-state index in [2.05, 4.69) is 21.2 Å². The van der Waals surface area contributed by atoms with Crippen LogP contribution in [-0.4, -0.2) is 12.0 Å². The minimum absolute atomic E-state index is 0.212. The van der Waals surface area contributed by atoms with Gasteiger partial charge in [-0.2, -0.15) is 0 Å². The molecule has 1 atom stereocenters. The molecular weight excluding hydrogens is 354 g/mol. The summed E-state index contributed by atoms with van der Waals surface area (Å²) in [5.74, 6) is 0.354. The largest absolute Gasteiger partial charge is 0.481 e. The SMILES string of the molecule is Cc1ccc(Br)cc1NC(=O)C(C)Oc1cccc(Cl)c1. The van der Waals surface area contributed by atoms with Crippen LogP contribution in [0.2, 0.25) is 5.02 Å². The van der Waals surface area contributed by atoms with Gasteiger partial charge in [0.2, 0.25) is 0 Å². The first-order valence-electron chi connectivity index (χ1n) is 6.45. The summed E-state index contributed by atoms with van der Waals surface area (Å²) < 4.78 is 6.50. The lowest BCUT2D eigenvalue weighted by atomic mass is 10.2. The third kappa shape index (κ3) is 4.48. The zero-order valence-corrected chi connectivity index (χ0v) is 14.0. The van der Waals surface area contributed by atoms with Gasteiger partial charge in [0.25, 0.3) is 5.91 Å². The van der Waals surface area contributed by atoms with E-state index in [1.807, 2.05) is 25.1 Å². The molecule has 0 aliphatic heterocycles. The number of halogens is 2. The number of aryl methyl sites for hydroxylation is 1. The van der Waals surface area contributed by atoms with Gasteiger partial charge in [0.05, 0.1) is 0 Å². The summed E-state index contributed by atoms with van der Waals surface area (Å²) >= 11 is 9.28. The summed E-state index contributed by atoms with van der Waals surface area (Å²) in [7, 11) is 0. The minimum Gasteiger partial charge on any atom is -0.481 e. The molecule has 0 aliphatic rings. The van der Waals surface area contributed by atoms with Gasteiger partial charge in [-0.15, -0.1) is 0 Å². The summed E-state index contributed by atoms with van der Waals surface area (Å²) in [5, 5.41) is 3.43. The topological polar surface area (TPSA) is 38.3 Å². The highest BCUT2D eigenvalue weighted by molar-refractivity contribution is 9.10. The number of hydrogen-bond acceptors (Lipinski definition) is 2. The zero-order chi connectivity index (χ0) is 15.4. The molecule has 0 fully saturated rings. The standard InChI is InChI=1S/C16H15BrClNO2/c1-10-6-7-12(17)8-15(10)19-16(20)11(2)21-14-5-3-4-13(18)9-14/h3-9,11H,1-2H3,(H,19,20). The second-order valence-electron chi connectivity index (χ2n) is 4.67. The van der Waals surface area contributed by atoms with E-state index in [4.69, 9.17) is 16.3 Å². The Bertz CT molecular complexity index is 660. The van der Waals surface area contributed by atoms with Crippen LogP contribution in [0, 0.1) is 6.92 Å². The molecule has 2 aromatic carbocycles. The number of amides is 1. The molecule has 1 unspecified atom stereocenters. The summed E-state index contributed by atoms with van der Waals surface area (Å²) in [4.78, 5) is 12.2. The van der Waals surface area contributed by atoms with Crippen molar-refractivity contribution >= 4 is 39.1 Å². The predicted molar refractivity (Wildman–Crippen MR) is 89.1 cm³/mol. The highest BCUT2D eigenvalue weighted by Gasteiger charge is 2.16. The lowest BCUT2D eigenvalue weighted by Crippen LogP contribution is -2.30. The van der Waals surface area contributed by atoms with Crippen LogP contribution in [0.25, 0.3) is 0 Å². The minimum atomic E-state index is -0.623. The van der Waals surface area contributed by atoms with Gasteiger partial charge in [-0.3, -0.25) is 4.79 Å². The van der Waals surface area contributed by atoms with Gasteiger partial charge in [-0.1, -0.05) is 39.7 Å². The maximum atomic E-state index is 12.2. The number of rotatable bonds is 4. The molecule has 1 N–H and O–H groups in total. The van der Waals surface area contributed by atoms with Crippen molar-refractivity contribution in [3.05, 3.63) is 57.5 Å². The van der Waals surface area contributed by atoms with Crippen LogP contribution in [0.5, 0.6) is 5.75 Å². The number of ether oxygens (including phenoxy) is 1. The van der Waals surface area contributed by atoms with Crippen LogP contribution < -0.4 is 10.1 Å². The fraction of sp³-hybridized carbons (Fsp3) is 0.188. The molecule has 2 aromatic rings. The van der Waals surface area contributed by atoms with Crippen molar-refractivity contribution in [1.82, 2.24) is 0 Å². The van der Waals surface area contributed by atoms with Crippen molar-refractivity contribution in [3.8, 4) is 5.75 Å². The number of anilines is 1. The maximum absolute atomic E-state index is 12.2. The van der Waals surface area contributed by atoms with E-state index in [1.165, 1.54) is 0 Å². The molecule has 3 nitrogen and oxygen atoms in total. The van der Waals surface area contributed by atoms with Gasteiger partial charge in [0.1, 0.15) is 5.75 Å². The van der Waals surface area contributed by atoms with Crippen LogP contribution in [0.4, 0.5) is 5.69 Å². The Hall–Kier alpha value is -1.52. The maximum Gasteiger partial charge on any atom is 0.265 e. The molecule has 0 aliphatic carbocycles. The lowest BCUT2D eigenvalue weighted by Gasteiger charge is -2.16. The molecule has 110 valence electrons.